The van der Waals surface area contributed by atoms with Crippen LogP contribution in [0.4, 0.5) is 5.95 Å². The largest absolute Gasteiger partial charge is 0.354 e. The number of aryl methyl sites for hydroxylation is 1. The molecular weight excluding hydrogens is 206 g/mol. The third-order valence-electron chi connectivity index (χ3n) is 2.71. The molecule has 0 bridgehead atoms. The summed E-state index contributed by atoms with van der Waals surface area (Å²) in [4.78, 5) is 8.71. The number of aromatic nitrogens is 2. The SMILES string of the molecule is Cc1nc(NCC2CC2)ncc1C(C)S. The van der Waals surface area contributed by atoms with Crippen LogP contribution in [0.1, 0.15) is 36.3 Å². The predicted molar refractivity (Wildman–Crippen MR) is 65.4 cm³/mol. The third-order valence-corrected chi connectivity index (χ3v) is 2.99. The highest BCUT2D eigenvalue weighted by Gasteiger charge is 2.21. The molecule has 0 amide bonds. The van der Waals surface area contributed by atoms with Crippen LogP contribution >= 0.6 is 12.6 Å². The van der Waals surface area contributed by atoms with Crippen LogP contribution in [0.25, 0.3) is 0 Å². The van der Waals surface area contributed by atoms with Crippen molar-refractivity contribution in [2.75, 3.05) is 11.9 Å². The second kappa shape index (κ2) is 4.39. The molecule has 0 saturated heterocycles. The molecule has 0 aromatic carbocycles. The van der Waals surface area contributed by atoms with E-state index in [9.17, 15) is 0 Å². The van der Waals surface area contributed by atoms with Crippen LogP contribution in [0.15, 0.2) is 6.20 Å². The van der Waals surface area contributed by atoms with Gasteiger partial charge in [0.15, 0.2) is 0 Å². The van der Waals surface area contributed by atoms with Crippen LogP contribution in [0, 0.1) is 12.8 Å². The Balaban J connectivity index is 2.03. The Kier molecular flexibility index (Phi) is 3.14. The van der Waals surface area contributed by atoms with Gasteiger partial charge in [0.2, 0.25) is 5.95 Å². The molecule has 0 spiro atoms. The van der Waals surface area contributed by atoms with Gasteiger partial charge in [0.05, 0.1) is 0 Å². The van der Waals surface area contributed by atoms with Gasteiger partial charge in [0, 0.05) is 29.2 Å². The lowest BCUT2D eigenvalue weighted by Crippen LogP contribution is -2.08. The normalized spacial score (nSPS) is 17.5. The molecule has 1 fully saturated rings. The minimum atomic E-state index is 0.197. The summed E-state index contributed by atoms with van der Waals surface area (Å²) in [5.41, 5.74) is 2.13. The van der Waals surface area contributed by atoms with E-state index in [4.69, 9.17) is 0 Å². The Bertz CT molecular complexity index is 348. The summed E-state index contributed by atoms with van der Waals surface area (Å²) in [5.74, 6) is 1.59. The zero-order chi connectivity index (χ0) is 10.8. The molecule has 1 heterocycles. The van der Waals surface area contributed by atoms with Gasteiger partial charge in [-0.05, 0) is 32.6 Å². The van der Waals surface area contributed by atoms with Gasteiger partial charge in [0.25, 0.3) is 0 Å². The lowest BCUT2D eigenvalue weighted by molar-refractivity contribution is 0.865. The van der Waals surface area contributed by atoms with Crippen molar-refractivity contribution in [3.63, 3.8) is 0 Å². The number of anilines is 1. The first kappa shape index (κ1) is 10.7. The number of nitrogens with one attached hydrogen (secondary N) is 1. The number of hydrogen-bond donors (Lipinski definition) is 2. The van der Waals surface area contributed by atoms with Crippen LogP contribution in [-0.2, 0) is 0 Å². The number of nitrogens with zero attached hydrogens (tertiary/aromatic N) is 2. The molecule has 2 rings (SSSR count). The summed E-state index contributed by atoms with van der Waals surface area (Å²) in [6.45, 7) is 5.05. The van der Waals surface area contributed by atoms with Crippen molar-refractivity contribution in [2.45, 2.75) is 31.9 Å². The van der Waals surface area contributed by atoms with Crippen molar-refractivity contribution in [1.29, 1.82) is 0 Å². The fourth-order valence-corrected chi connectivity index (χ4v) is 1.78. The van der Waals surface area contributed by atoms with Gasteiger partial charge >= 0.3 is 0 Å². The van der Waals surface area contributed by atoms with E-state index in [1.54, 1.807) is 0 Å². The van der Waals surface area contributed by atoms with E-state index in [1.165, 1.54) is 12.8 Å². The van der Waals surface area contributed by atoms with E-state index < -0.39 is 0 Å². The molecule has 1 aromatic rings. The summed E-state index contributed by atoms with van der Waals surface area (Å²) in [6.07, 6.45) is 4.56. The molecule has 1 unspecified atom stereocenters. The number of thiol groups is 1. The van der Waals surface area contributed by atoms with Gasteiger partial charge in [-0.2, -0.15) is 12.6 Å². The lowest BCUT2D eigenvalue weighted by atomic mass is 10.2. The zero-order valence-corrected chi connectivity index (χ0v) is 10.1. The molecule has 1 aliphatic carbocycles. The van der Waals surface area contributed by atoms with E-state index in [1.807, 2.05) is 20.0 Å². The van der Waals surface area contributed by atoms with Crippen molar-refractivity contribution in [3.8, 4) is 0 Å². The van der Waals surface area contributed by atoms with Gasteiger partial charge in [-0.3, -0.25) is 0 Å². The van der Waals surface area contributed by atoms with E-state index >= 15 is 0 Å². The molecule has 1 N–H and O–H groups in total. The molecular formula is C11H17N3S. The van der Waals surface area contributed by atoms with Crippen LogP contribution in [0.2, 0.25) is 0 Å². The second-order valence-electron chi connectivity index (χ2n) is 4.23. The van der Waals surface area contributed by atoms with Gasteiger partial charge in [-0.25, -0.2) is 9.97 Å². The zero-order valence-electron chi connectivity index (χ0n) is 9.20. The first-order chi connectivity index (χ1) is 7.16. The van der Waals surface area contributed by atoms with Crippen LogP contribution < -0.4 is 5.32 Å². The summed E-state index contributed by atoms with van der Waals surface area (Å²) >= 11 is 4.39. The second-order valence-corrected chi connectivity index (χ2v) is 5.01. The maximum Gasteiger partial charge on any atom is 0.222 e. The Morgan fingerprint density at radius 2 is 2.33 bits per heavy atom. The highest BCUT2D eigenvalue weighted by Crippen LogP contribution is 2.28. The van der Waals surface area contributed by atoms with Crippen molar-refractivity contribution < 1.29 is 0 Å². The van der Waals surface area contributed by atoms with Gasteiger partial charge in [-0.15, -0.1) is 0 Å². The standard InChI is InChI=1S/C11H17N3S/c1-7-10(8(2)15)6-13-11(14-7)12-5-9-3-4-9/h6,8-9,15H,3-5H2,1-2H3,(H,12,13,14). The van der Waals surface area contributed by atoms with Crippen molar-refractivity contribution in [2.24, 2.45) is 5.92 Å². The molecule has 0 radical (unpaired) electrons. The predicted octanol–water partition coefficient (Wildman–Crippen LogP) is 2.60. The summed E-state index contributed by atoms with van der Waals surface area (Å²) in [7, 11) is 0. The minimum Gasteiger partial charge on any atom is -0.354 e. The van der Waals surface area contributed by atoms with Gasteiger partial charge in [0.1, 0.15) is 0 Å². The van der Waals surface area contributed by atoms with Crippen molar-refractivity contribution >= 4 is 18.6 Å². The summed E-state index contributed by atoms with van der Waals surface area (Å²) in [6, 6.07) is 0. The van der Waals surface area contributed by atoms with Gasteiger partial charge in [-0.1, -0.05) is 0 Å². The lowest BCUT2D eigenvalue weighted by Gasteiger charge is -2.09. The monoisotopic (exact) mass is 223 g/mol. The van der Waals surface area contributed by atoms with E-state index in [0.29, 0.717) is 0 Å². The van der Waals surface area contributed by atoms with E-state index in [0.717, 1.165) is 29.7 Å². The molecule has 1 aliphatic rings. The van der Waals surface area contributed by atoms with E-state index in [2.05, 4.69) is 27.9 Å². The molecule has 3 nitrogen and oxygen atoms in total. The Morgan fingerprint density at radius 3 is 2.87 bits per heavy atom. The number of rotatable bonds is 4. The van der Waals surface area contributed by atoms with Crippen LogP contribution in [-0.4, -0.2) is 16.5 Å². The van der Waals surface area contributed by atoms with Crippen LogP contribution in [0.5, 0.6) is 0 Å². The molecule has 82 valence electrons. The topological polar surface area (TPSA) is 37.8 Å². The van der Waals surface area contributed by atoms with Crippen molar-refractivity contribution in [3.05, 3.63) is 17.5 Å². The highest BCUT2D eigenvalue weighted by molar-refractivity contribution is 7.80. The molecule has 1 saturated carbocycles. The number of hydrogen-bond acceptors (Lipinski definition) is 4. The average molecular weight is 223 g/mol. The Hall–Kier alpha value is -0.770. The first-order valence-electron chi connectivity index (χ1n) is 5.42. The van der Waals surface area contributed by atoms with Crippen molar-refractivity contribution in [1.82, 2.24) is 9.97 Å². The average Bonchev–Trinajstić information content (AvgIpc) is 2.97. The Morgan fingerprint density at radius 1 is 1.60 bits per heavy atom. The first-order valence-corrected chi connectivity index (χ1v) is 5.94. The Labute approximate surface area is 96.1 Å². The maximum atomic E-state index is 4.42. The minimum absolute atomic E-state index is 0.197. The maximum absolute atomic E-state index is 4.42. The quantitative estimate of drug-likeness (QED) is 0.771. The van der Waals surface area contributed by atoms with Gasteiger partial charge < -0.3 is 5.32 Å². The summed E-state index contributed by atoms with van der Waals surface area (Å²) in [5, 5.41) is 3.46. The molecule has 0 aliphatic heterocycles. The fraction of sp³-hybridized carbons (Fsp3) is 0.636. The molecule has 4 heteroatoms. The third kappa shape index (κ3) is 2.84. The highest BCUT2D eigenvalue weighted by atomic mass is 32.1. The van der Waals surface area contributed by atoms with Crippen LogP contribution in [0.3, 0.4) is 0 Å². The smallest absolute Gasteiger partial charge is 0.222 e. The molecule has 1 atom stereocenters. The summed E-state index contributed by atoms with van der Waals surface area (Å²) < 4.78 is 0. The molecule has 15 heavy (non-hydrogen) atoms. The van der Waals surface area contributed by atoms with E-state index in [-0.39, 0.29) is 5.25 Å². The fourth-order valence-electron chi connectivity index (χ4n) is 1.53. The molecule has 1 aromatic heterocycles.